The lowest BCUT2D eigenvalue weighted by Gasteiger charge is -2.37. The zero-order valence-corrected chi connectivity index (χ0v) is 23.2. The van der Waals surface area contributed by atoms with Crippen LogP contribution in [0.1, 0.15) is 57.8 Å². The first-order chi connectivity index (χ1) is 17.5. The highest BCUT2D eigenvalue weighted by atomic mass is 32.1. The molecule has 0 bridgehead atoms. The number of nitrogens with one attached hydrogen (secondary N) is 2. The van der Waals surface area contributed by atoms with E-state index in [2.05, 4.69) is 20.6 Å². The topological polar surface area (TPSA) is 146 Å². The summed E-state index contributed by atoms with van der Waals surface area (Å²) < 4.78 is 6.22. The van der Waals surface area contributed by atoms with Crippen LogP contribution in [0.3, 0.4) is 0 Å². The van der Waals surface area contributed by atoms with E-state index in [0.717, 1.165) is 15.9 Å². The van der Waals surface area contributed by atoms with Gasteiger partial charge in [-0.05, 0) is 52.5 Å². The quantitative estimate of drug-likeness (QED) is 0.246. The van der Waals surface area contributed by atoms with E-state index in [4.69, 9.17) is 14.7 Å². The van der Waals surface area contributed by atoms with E-state index in [1.54, 1.807) is 13.3 Å². The van der Waals surface area contributed by atoms with E-state index in [1.165, 1.54) is 11.3 Å². The summed E-state index contributed by atoms with van der Waals surface area (Å²) in [5, 5.41) is 41.1. The summed E-state index contributed by atoms with van der Waals surface area (Å²) in [6.07, 6.45) is 2.28. The lowest BCUT2D eigenvalue weighted by Crippen LogP contribution is -2.52. The van der Waals surface area contributed by atoms with Crippen LogP contribution < -0.4 is 10.6 Å². The summed E-state index contributed by atoms with van der Waals surface area (Å²) in [6.45, 7) is 10.0. The number of hydrogen-bond acceptors (Lipinski definition) is 11. The SMILES string of the molecule is CCC(O)(CC)[C@H]1CC[C@](O)(Nc2nc(N[C@H](C)COC)nc(C)c2-c2nc3c(C)nccc3s2)[C@@H]1O. The minimum absolute atomic E-state index is 0.0482. The maximum Gasteiger partial charge on any atom is 0.225 e. The number of aryl methyl sites for hydroxylation is 2. The number of methoxy groups -OCH3 is 1. The van der Waals surface area contributed by atoms with Gasteiger partial charge >= 0.3 is 0 Å². The molecule has 37 heavy (non-hydrogen) atoms. The largest absolute Gasteiger partial charge is 0.390 e. The molecular formula is C26H38N6O4S. The molecule has 0 aliphatic heterocycles. The maximum atomic E-state index is 11.6. The molecule has 1 aliphatic rings. The molecule has 0 amide bonds. The van der Waals surface area contributed by atoms with Crippen molar-refractivity contribution in [2.75, 3.05) is 24.4 Å². The van der Waals surface area contributed by atoms with E-state index in [0.29, 0.717) is 53.9 Å². The van der Waals surface area contributed by atoms with Crippen LogP contribution in [-0.4, -0.2) is 72.4 Å². The van der Waals surface area contributed by atoms with Crippen molar-refractivity contribution in [3.8, 4) is 10.6 Å². The van der Waals surface area contributed by atoms with E-state index in [9.17, 15) is 15.3 Å². The molecule has 4 rings (SSSR count). The summed E-state index contributed by atoms with van der Waals surface area (Å²) in [7, 11) is 1.63. The van der Waals surface area contributed by atoms with Crippen LogP contribution in [-0.2, 0) is 4.74 Å². The summed E-state index contributed by atoms with van der Waals surface area (Å²) in [5.41, 5.74) is 0.208. The number of aliphatic hydroxyl groups is 3. The summed E-state index contributed by atoms with van der Waals surface area (Å²) >= 11 is 1.49. The molecule has 10 nitrogen and oxygen atoms in total. The molecule has 5 N–H and O–H groups in total. The summed E-state index contributed by atoms with van der Waals surface area (Å²) in [5.74, 6) is 0.267. The highest BCUT2D eigenvalue weighted by molar-refractivity contribution is 7.21. The zero-order chi connectivity index (χ0) is 27.0. The molecule has 0 unspecified atom stereocenters. The Labute approximate surface area is 221 Å². The number of ether oxygens (including phenoxy) is 1. The van der Waals surface area contributed by atoms with Gasteiger partial charge in [0.1, 0.15) is 22.4 Å². The molecule has 3 aromatic rings. The fourth-order valence-corrected chi connectivity index (χ4v) is 6.39. The molecule has 11 heteroatoms. The van der Waals surface area contributed by atoms with Gasteiger partial charge in [-0.1, -0.05) is 13.8 Å². The van der Waals surface area contributed by atoms with Gasteiger partial charge in [0.25, 0.3) is 0 Å². The monoisotopic (exact) mass is 530 g/mol. The van der Waals surface area contributed by atoms with Crippen LogP contribution in [0.2, 0.25) is 0 Å². The zero-order valence-electron chi connectivity index (χ0n) is 22.4. The Kier molecular flexibility index (Phi) is 8.01. The van der Waals surface area contributed by atoms with Gasteiger partial charge in [-0.25, -0.2) is 9.97 Å². The van der Waals surface area contributed by atoms with E-state index in [-0.39, 0.29) is 12.5 Å². The van der Waals surface area contributed by atoms with Crippen molar-refractivity contribution in [1.82, 2.24) is 19.9 Å². The molecule has 3 heterocycles. The predicted octanol–water partition coefficient (Wildman–Crippen LogP) is 3.63. The Morgan fingerprint density at radius 2 is 1.95 bits per heavy atom. The van der Waals surface area contributed by atoms with E-state index in [1.807, 2.05) is 40.7 Å². The second-order valence-electron chi connectivity index (χ2n) is 10.1. The first kappa shape index (κ1) is 27.6. The van der Waals surface area contributed by atoms with Crippen molar-refractivity contribution in [3.63, 3.8) is 0 Å². The normalized spacial score (nSPS) is 22.9. The van der Waals surface area contributed by atoms with Crippen molar-refractivity contribution < 1.29 is 20.1 Å². The Bertz CT molecular complexity index is 1250. The number of thiazole rings is 1. The second-order valence-corrected chi connectivity index (χ2v) is 11.1. The maximum absolute atomic E-state index is 11.6. The lowest BCUT2D eigenvalue weighted by atomic mass is 9.80. The van der Waals surface area contributed by atoms with Crippen LogP contribution in [0.15, 0.2) is 12.3 Å². The molecule has 0 aromatic carbocycles. The van der Waals surface area contributed by atoms with Gasteiger partial charge in [-0.3, -0.25) is 4.98 Å². The molecule has 4 atom stereocenters. The van der Waals surface area contributed by atoms with Gasteiger partial charge < -0.3 is 30.7 Å². The second kappa shape index (κ2) is 10.7. The van der Waals surface area contributed by atoms with Crippen LogP contribution in [0, 0.1) is 19.8 Å². The predicted molar refractivity (Wildman–Crippen MR) is 146 cm³/mol. The van der Waals surface area contributed by atoms with Crippen molar-refractivity contribution in [1.29, 1.82) is 0 Å². The molecule has 202 valence electrons. The minimum Gasteiger partial charge on any atom is -0.390 e. The number of aliphatic hydroxyl groups excluding tert-OH is 1. The van der Waals surface area contributed by atoms with Gasteiger partial charge in [0.05, 0.1) is 33.9 Å². The molecule has 1 fully saturated rings. The number of nitrogens with zero attached hydrogens (tertiary/aromatic N) is 4. The van der Waals surface area contributed by atoms with Gasteiger partial charge in [0, 0.05) is 25.3 Å². The first-order valence-corrected chi connectivity index (χ1v) is 13.6. The fraction of sp³-hybridized carbons (Fsp3) is 0.615. The Balaban J connectivity index is 1.78. The molecule has 1 saturated carbocycles. The highest BCUT2D eigenvalue weighted by Gasteiger charge is 2.53. The summed E-state index contributed by atoms with van der Waals surface area (Å²) in [4.78, 5) is 18.6. The Morgan fingerprint density at radius 1 is 1.22 bits per heavy atom. The van der Waals surface area contributed by atoms with Gasteiger partial charge in [0.2, 0.25) is 5.95 Å². The summed E-state index contributed by atoms with van der Waals surface area (Å²) in [6, 6.07) is 1.87. The number of rotatable bonds is 10. The average molecular weight is 531 g/mol. The third-order valence-electron chi connectivity index (χ3n) is 7.54. The molecule has 1 aliphatic carbocycles. The van der Waals surface area contributed by atoms with Crippen molar-refractivity contribution >= 4 is 33.3 Å². The van der Waals surface area contributed by atoms with Crippen molar-refractivity contribution in [3.05, 3.63) is 23.7 Å². The molecule has 3 aromatic heterocycles. The van der Waals surface area contributed by atoms with Crippen LogP contribution in [0.4, 0.5) is 11.8 Å². The first-order valence-electron chi connectivity index (χ1n) is 12.8. The lowest BCUT2D eigenvalue weighted by molar-refractivity contribution is -0.109. The Hall–Kier alpha value is -2.44. The number of hydrogen-bond donors (Lipinski definition) is 5. The van der Waals surface area contributed by atoms with Crippen LogP contribution in [0.25, 0.3) is 20.8 Å². The molecule has 0 spiro atoms. The molecule has 0 radical (unpaired) electrons. The number of aromatic nitrogens is 4. The van der Waals surface area contributed by atoms with Crippen molar-refractivity contribution in [2.24, 2.45) is 5.92 Å². The van der Waals surface area contributed by atoms with Crippen molar-refractivity contribution in [2.45, 2.75) is 83.8 Å². The molecule has 0 saturated heterocycles. The molecular weight excluding hydrogens is 492 g/mol. The standard InChI is InChI=1S/C26H38N6O4S/c1-7-25(34,8-2)17-9-11-26(35,21(17)33)32-22-19(15(4)29-24(31-22)28-14(3)13-36-6)23-30-20-16(5)27-12-10-18(20)37-23/h10,12,14,17,21,33-35H,7-9,11,13H2,1-6H3,(H2,28,29,31,32)/t14-,17+,21-,26-/m1/s1. The third-order valence-corrected chi connectivity index (χ3v) is 8.58. The number of anilines is 2. The van der Waals surface area contributed by atoms with Crippen LogP contribution in [0.5, 0.6) is 0 Å². The number of pyridine rings is 1. The van der Waals surface area contributed by atoms with Gasteiger partial charge in [0.15, 0.2) is 5.72 Å². The van der Waals surface area contributed by atoms with Crippen LogP contribution >= 0.6 is 11.3 Å². The number of fused-ring (bicyclic) bond motifs is 1. The third kappa shape index (κ3) is 5.28. The van der Waals surface area contributed by atoms with E-state index < -0.39 is 23.3 Å². The fourth-order valence-electron chi connectivity index (χ4n) is 5.28. The van der Waals surface area contributed by atoms with Gasteiger partial charge in [-0.2, -0.15) is 4.98 Å². The van der Waals surface area contributed by atoms with E-state index >= 15 is 0 Å². The Morgan fingerprint density at radius 3 is 2.59 bits per heavy atom. The van der Waals surface area contributed by atoms with Gasteiger partial charge in [-0.15, -0.1) is 11.3 Å². The minimum atomic E-state index is -1.68. The smallest absolute Gasteiger partial charge is 0.225 e. The highest BCUT2D eigenvalue weighted by Crippen LogP contribution is 2.45. The average Bonchev–Trinajstić information content (AvgIpc) is 3.40.